The molecule has 14 heavy (non-hydrogen) atoms. The zero-order valence-corrected chi connectivity index (χ0v) is 9.97. The van der Waals surface area contributed by atoms with Crippen molar-refractivity contribution < 1.29 is 8.42 Å². The molecule has 0 atom stereocenters. The van der Waals surface area contributed by atoms with Gasteiger partial charge in [-0.1, -0.05) is 0 Å². The monoisotopic (exact) mass is 223 g/mol. The van der Waals surface area contributed by atoms with Crippen molar-refractivity contribution in [1.29, 1.82) is 0 Å². The Hall–Kier alpha value is -0.170. The fourth-order valence-corrected chi connectivity index (χ4v) is 2.01. The number of unbranched alkanes of at least 4 members (excludes halogenated alkanes) is 1. The van der Waals surface area contributed by atoms with Crippen molar-refractivity contribution in [3.8, 4) is 0 Å². The molecule has 0 aliphatic rings. The van der Waals surface area contributed by atoms with E-state index >= 15 is 0 Å². The minimum absolute atomic E-state index is 0.0259. The summed E-state index contributed by atoms with van der Waals surface area (Å²) in [6.45, 7) is 4.72. The molecule has 0 bridgehead atoms. The smallest absolute Gasteiger partial charge is 0.279 e. The Morgan fingerprint density at radius 2 is 1.93 bits per heavy atom. The Labute approximate surface area is 86.8 Å². The maximum absolute atomic E-state index is 11.5. The minimum Gasteiger partial charge on any atom is -0.330 e. The molecule has 0 aromatic rings. The number of rotatable bonds is 7. The summed E-state index contributed by atoms with van der Waals surface area (Å²) in [4.78, 5) is 0. The Bertz CT molecular complexity index is 239. The molecule has 86 valence electrons. The first-order chi connectivity index (χ1) is 6.41. The Morgan fingerprint density at radius 3 is 2.36 bits per heavy atom. The van der Waals surface area contributed by atoms with Crippen molar-refractivity contribution in [2.24, 2.45) is 5.73 Å². The van der Waals surface area contributed by atoms with Crippen LogP contribution in [0.1, 0.15) is 26.7 Å². The molecule has 0 rings (SSSR count). The first-order valence-corrected chi connectivity index (χ1v) is 6.28. The van der Waals surface area contributed by atoms with Crippen LogP contribution in [0.3, 0.4) is 0 Å². The predicted octanol–water partition coefficient (Wildman–Crippen LogP) is -0.100. The summed E-state index contributed by atoms with van der Waals surface area (Å²) >= 11 is 0. The molecule has 3 N–H and O–H groups in total. The van der Waals surface area contributed by atoms with Crippen molar-refractivity contribution in [2.75, 3.05) is 20.1 Å². The van der Waals surface area contributed by atoms with Crippen molar-refractivity contribution >= 4 is 10.2 Å². The van der Waals surface area contributed by atoms with Crippen molar-refractivity contribution in [2.45, 2.75) is 32.7 Å². The number of nitrogens with one attached hydrogen (secondary N) is 1. The number of hydrogen-bond donors (Lipinski definition) is 2. The van der Waals surface area contributed by atoms with Crippen molar-refractivity contribution in [3.63, 3.8) is 0 Å². The van der Waals surface area contributed by atoms with Gasteiger partial charge in [0.25, 0.3) is 10.2 Å². The molecule has 0 unspecified atom stereocenters. The van der Waals surface area contributed by atoms with Crippen LogP contribution < -0.4 is 10.5 Å². The maximum Gasteiger partial charge on any atom is 0.279 e. The normalized spacial score (nSPS) is 12.7. The molecule has 0 aliphatic carbocycles. The molecule has 0 saturated heterocycles. The van der Waals surface area contributed by atoms with E-state index in [9.17, 15) is 8.42 Å². The number of nitrogens with zero attached hydrogens (tertiary/aromatic N) is 1. The van der Waals surface area contributed by atoms with Crippen LogP contribution in [-0.4, -0.2) is 38.9 Å². The van der Waals surface area contributed by atoms with Gasteiger partial charge in [-0.3, -0.25) is 0 Å². The maximum atomic E-state index is 11.5. The van der Waals surface area contributed by atoms with Gasteiger partial charge in [0.15, 0.2) is 0 Å². The molecule has 0 heterocycles. The van der Waals surface area contributed by atoms with Gasteiger partial charge < -0.3 is 5.73 Å². The quantitative estimate of drug-likeness (QED) is 0.592. The van der Waals surface area contributed by atoms with E-state index in [0.717, 1.165) is 12.8 Å². The van der Waals surface area contributed by atoms with Crippen LogP contribution in [0, 0.1) is 0 Å². The Morgan fingerprint density at radius 1 is 1.36 bits per heavy atom. The first kappa shape index (κ1) is 13.8. The lowest BCUT2D eigenvalue weighted by molar-refractivity contribution is 0.402. The van der Waals surface area contributed by atoms with E-state index in [-0.39, 0.29) is 6.04 Å². The van der Waals surface area contributed by atoms with Gasteiger partial charge in [0.2, 0.25) is 0 Å². The lowest BCUT2D eigenvalue weighted by Gasteiger charge is -2.21. The summed E-state index contributed by atoms with van der Waals surface area (Å²) in [5.41, 5.74) is 5.30. The van der Waals surface area contributed by atoms with Gasteiger partial charge in [-0.25, -0.2) is 4.72 Å². The molecule has 0 radical (unpaired) electrons. The van der Waals surface area contributed by atoms with Gasteiger partial charge in [-0.05, 0) is 33.2 Å². The van der Waals surface area contributed by atoms with Gasteiger partial charge in [-0.2, -0.15) is 12.7 Å². The highest BCUT2D eigenvalue weighted by Crippen LogP contribution is 2.00. The van der Waals surface area contributed by atoms with Crippen LogP contribution >= 0.6 is 0 Å². The van der Waals surface area contributed by atoms with E-state index in [1.54, 1.807) is 7.05 Å². The molecule has 0 aliphatic heterocycles. The predicted molar refractivity (Wildman–Crippen MR) is 58.1 cm³/mol. The van der Waals surface area contributed by atoms with E-state index in [4.69, 9.17) is 5.73 Å². The molecule has 0 amide bonds. The standard InChI is InChI=1S/C8H21N3O2S/c1-8(2)11(3)14(12,13)10-7-5-4-6-9/h8,10H,4-7,9H2,1-3H3. The third kappa shape index (κ3) is 4.90. The van der Waals surface area contributed by atoms with Crippen LogP contribution in [0.25, 0.3) is 0 Å². The first-order valence-electron chi connectivity index (χ1n) is 4.84. The van der Waals surface area contributed by atoms with Gasteiger partial charge >= 0.3 is 0 Å². The molecule has 0 saturated carbocycles. The zero-order chi connectivity index (χ0) is 11.2. The number of nitrogens with two attached hydrogens (primary N) is 1. The second kappa shape index (κ2) is 6.34. The number of hydrogen-bond acceptors (Lipinski definition) is 3. The Balaban J connectivity index is 3.96. The average Bonchev–Trinajstić information content (AvgIpc) is 2.11. The molecule has 0 aromatic heterocycles. The Kier molecular flexibility index (Phi) is 6.26. The fourth-order valence-electron chi connectivity index (χ4n) is 0.850. The van der Waals surface area contributed by atoms with Crippen LogP contribution in [0.2, 0.25) is 0 Å². The molecule has 0 fully saturated rings. The van der Waals surface area contributed by atoms with E-state index in [1.807, 2.05) is 13.8 Å². The fraction of sp³-hybridized carbons (Fsp3) is 1.00. The van der Waals surface area contributed by atoms with E-state index in [0.29, 0.717) is 13.1 Å². The second-order valence-corrected chi connectivity index (χ2v) is 5.32. The van der Waals surface area contributed by atoms with E-state index < -0.39 is 10.2 Å². The van der Waals surface area contributed by atoms with Gasteiger partial charge in [0, 0.05) is 19.6 Å². The van der Waals surface area contributed by atoms with Crippen LogP contribution in [-0.2, 0) is 10.2 Å². The summed E-state index contributed by atoms with van der Waals surface area (Å²) in [6.07, 6.45) is 1.62. The average molecular weight is 223 g/mol. The van der Waals surface area contributed by atoms with Crippen LogP contribution in [0.4, 0.5) is 0 Å². The van der Waals surface area contributed by atoms with Gasteiger partial charge in [0.05, 0.1) is 0 Å². The second-order valence-electron chi connectivity index (χ2n) is 3.51. The summed E-state index contributed by atoms with van der Waals surface area (Å²) in [5, 5.41) is 0. The molecule has 6 heteroatoms. The van der Waals surface area contributed by atoms with Crippen molar-refractivity contribution in [1.82, 2.24) is 9.03 Å². The van der Waals surface area contributed by atoms with Gasteiger partial charge in [0.1, 0.15) is 0 Å². The highest BCUT2D eigenvalue weighted by Gasteiger charge is 2.18. The lowest BCUT2D eigenvalue weighted by Crippen LogP contribution is -2.42. The largest absolute Gasteiger partial charge is 0.330 e. The van der Waals surface area contributed by atoms with E-state index in [2.05, 4.69) is 4.72 Å². The van der Waals surface area contributed by atoms with Crippen LogP contribution in [0.15, 0.2) is 0 Å². The molecular formula is C8H21N3O2S. The van der Waals surface area contributed by atoms with Crippen LogP contribution in [0.5, 0.6) is 0 Å². The molecule has 0 aromatic carbocycles. The highest BCUT2D eigenvalue weighted by molar-refractivity contribution is 7.87. The molecule has 0 spiro atoms. The van der Waals surface area contributed by atoms with E-state index in [1.165, 1.54) is 4.31 Å². The highest BCUT2D eigenvalue weighted by atomic mass is 32.2. The summed E-state index contributed by atoms with van der Waals surface area (Å²) in [6, 6.07) is -0.0259. The summed E-state index contributed by atoms with van der Waals surface area (Å²) < 4.78 is 26.9. The SMILES string of the molecule is CC(C)N(C)S(=O)(=O)NCCCCN. The van der Waals surface area contributed by atoms with Gasteiger partial charge in [-0.15, -0.1) is 0 Å². The minimum atomic E-state index is -3.30. The third-order valence-corrected chi connectivity index (χ3v) is 3.77. The summed E-state index contributed by atoms with van der Waals surface area (Å²) in [7, 11) is -1.73. The molecular weight excluding hydrogens is 202 g/mol. The van der Waals surface area contributed by atoms with Crippen molar-refractivity contribution in [3.05, 3.63) is 0 Å². The zero-order valence-electron chi connectivity index (χ0n) is 9.16. The molecule has 5 nitrogen and oxygen atoms in total. The summed E-state index contributed by atoms with van der Waals surface area (Å²) in [5.74, 6) is 0. The third-order valence-electron chi connectivity index (χ3n) is 2.02. The lowest BCUT2D eigenvalue weighted by atomic mass is 10.3. The topological polar surface area (TPSA) is 75.4 Å².